The zero-order chi connectivity index (χ0) is 13.8. The van der Waals surface area contributed by atoms with Crippen LogP contribution in [0.2, 0.25) is 5.02 Å². The van der Waals surface area contributed by atoms with Crippen LogP contribution in [0.1, 0.15) is 36.7 Å². The predicted octanol–water partition coefficient (Wildman–Crippen LogP) is 3.04. The number of carbonyl (C=O) groups is 1. The fraction of sp³-hybridized carbons (Fsp3) is 0.571. The second-order valence-electron chi connectivity index (χ2n) is 4.94. The number of pyridine rings is 1. The van der Waals surface area contributed by atoms with Crippen molar-refractivity contribution in [3.05, 3.63) is 22.8 Å². The number of likely N-dealkylation sites (tertiary alicyclic amines) is 1. The van der Waals surface area contributed by atoms with Crippen LogP contribution in [0.25, 0.3) is 0 Å². The van der Waals surface area contributed by atoms with E-state index in [1.54, 1.807) is 19.2 Å². The summed E-state index contributed by atoms with van der Waals surface area (Å²) in [6.45, 7) is 3.79. The Morgan fingerprint density at radius 3 is 3.05 bits per heavy atom. The molecule has 1 fully saturated rings. The molecule has 1 atom stereocenters. The SMILES string of the molecule is CCC1CCCN(C(=O)c2nc(NC)ccc2Cl)C1. The van der Waals surface area contributed by atoms with Crippen LogP contribution in [0.15, 0.2) is 12.1 Å². The van der Waals surface area contributed by atoms with Crippen LogP contribution in [0.3, 0.4) is 0 Å². The molecule has 0 aliphatic carbocycles. The Bertz CT molecular complexity index is 464. The summed E-state index contributed by atoms with van der Waals surface area (Å²) in [5, 5.41) is 3.35. The summed E-state index contributed by atoms with van der Waals surface area (Å²) in [5.41, 5.74) is 0.352. The van der Waals surface area contributed by atoms with Crippen molar-refractivity contribution in [1.29, 1.82) is 0 Å². The highest BCUT2D eigenvalue weighted by molar-refractivity contribution is 6.33. The number of rotatable bonds is 3. The van der Waals surface area contributed by atoms with E-state index in [0.717, 1.165) is 25.9 Å². The molecule has 1 amide bonds. The van der Waals surface area contributed by atoms with Crippen LogP contribution in [-0.4, -0.2) is 35.9 Å². The highest BCUT2D eigenvalue weighted by Gasteiger charge is 2.25. The van der Waals surface area contributed by atoms with Gasteiger partial charge in [0.15, 0.2) is 0 Å². The highest BCUT2D eigenvalue weighted by atomic mass is 35.5. The molecule has 2 rings (SSSR count). The van der Waals surface area contributed by atoms with Gasteiger partial charge in [0.05, 0.1) is 5.02 Å². The molecule has 4 nitrogen and oxygen atoms in total. The summed E-state index contributed by atoms with van der Waals surface area (Å²) < 4.78 is 0. The molecule has 19 heavy (non-hydrogen) atoms. The molecule has 1 aromatic heterocycles. The normalized spacial score (nSPS) is 19.3. The van der Waals surface area contributed by atoms with E-state index in [1.165, 1.54) is 6.42 Å². The zero-order valence-corrected chi connectivity index (χ0v) is 12.2. The largest absolute Gasteiger partial charge is 0.373 e. The Hall–Kier alpha value is -1.29. The Labute approximate surface area is 119 Å². The van der Waals surface area contributed by atoms with E-state index in [0.29, 0.717) is 22.5 Å². The fourth-order valence-electron chi connectivity index (χ4n) is 2.46. The lowest BCUT2D eigenvalue weighted by atomic mass is 9.95. The number of hydrogen-bond donors (Lipinski definition) is 1. The van der Waals surface area contributed by atoms with Gasteiger partial charge in [-0.15, -0.1) is 0 Å². The average molecular weight is 282 g/mol. The third-order valence-corrected chi connectivity index (χ3v) is 3.99. The van der Waals surface area contributed by atoms with Gasteiger partial charge in [-0.05, 0) is 30.9 Å². The van der Waals surface area contributed by atoms with Crippen LogP contribution in [0, 0.1) is 5.92 Å². The van der Waals surface area contributed by atoms with Gasteiger partial charge < -0.3 is 10.2 Å². The first-order valence-electron chi connectivity index (χ1n) is 6.79. The summed E-state index contributed by atoms with van der Waals surface area (Å²) in [6.07, 6.45) is 3.38. The topological polar surface area (TPSA) is 45.2 Å². The molecule has 0 spiro atoms. The Morgan fingerprint density at radius 2 is 2.37 bits per heavy atom. The molecule has 1 unspecified atom stereocenters. The van der Waals surface area contributed by atoms with E-state index >= 15 is 0 Å². The third-order valence-electron chi connectivity index (χ3n) is 3.69. The number of carbonyl (C=O) groups excluding carboxylic acids is 1. The van der Waals surface area contributed by atoms with Crippen molar-refractivity contribution in [1.82, 2.24) is 9.88 Å². The summed E-state index contributed by atoms with van der Waals surface area (Å²) in [4.78, 5) is 18.7. The molecule has 2 heterocycles. The fourth-order valence-corrected chi connectivity index (χ4v) is 2.65. The molecule has 0 radical (unpaired) electrons. The molecule has 1 saturated heterocycles. The molecule has 0 aromatic carbocycles. The second kappa shape index (κ2) is 6.24. The number of anilines is 1. The van der Waals surface area contributed by atoms with Crippen molar-refractivity contribution in [2.24, 2.45) is 5.92 Å². The lowest BCUT2D eigenvalue weighted by molar-refractivity contribution is 0.0665. The summed E-state index contributed by atoms with van der Waals surface area (Å²) in [5.74, 6) is 1.21. The van der Waals surface area contributed by atoms with E-state index in [-0.39, 0.29) is 5.91 Å². The Balaban J connectivity index is 2.18. The molecule has 0 bridgehead atoms. The van der Waals surface area contributed by atoms with Gasteiger partial charge in [0, 0.05) is 20.1 Å². The van der Waals surface area contributed by atoms with Crippen molar-refractivity contribution in [3.63, 3.8) is 0 Å². The van der Waals surface area contributed by atoms with Crippen molar-refractivity contribution in [2.45, 2.75) is 26.2 Å². The standard InChI is InChI=1S/C14H20ClN3O/c1-3-10-5-4-8-18(9-10)14(19)13-11(15)6-7-12(16-2)17-13/h6-7,10H,3-5,8-9H2,1-2H3,(H,16,17). The van der Waals surface area contributed by atoms with Gasteiger partial charge >= 0.3 is 0 Å². The maximum Gasteiger partial charge on any atom is 0.274 e. The van der Waals surface area contributed by atoms with Crippen LogP contribution < -0.4 is 5.32 Å². The summed E-state index contributed by atoms with van der Waals surface area (Å²) in [7, 11) is 1.78. The van der Waals surface area contributed by atoms with Gasteiger partial charge in [0.1, 0.15) is 11.5 Å². The van der Waals surface area contributed by atoms with Crippen LogP contribution in [0.4, 0.5) is 5.82 Å². The first-order valence-corrected chi connectivity index (χ1v) is 7.17. The molecule has 104 valence electrons. The number of aromatic nitrogens is 1. The monoisotopic (exact) mass is 281 g/mol. The van der Waals surface area contributed by atoms with E-state index < -0.39 is 0 Å². The number of hydrogen-bond acceptors (Lipinski definition) is 3. The van der Waals surface area contributed by atoms with Gasteiger partial charge in [-0.25, -0.2) is 4.98 Å². The minimum atomic E-state index is -0.0553. The van der Waals surface area contributed by atoms with Gasteiger partial charge in [-0.2, -0.15) is 0 Å². The molecular weight excluding hydrogens is 262 g/mol. The first-order chi connectivity index (χ1) is 9.15. The van der Waals surface area contributed by atoms with Gasteiger partial charge in [-0.3, -0.25) is 4.79 Å². The van der Waals surface area contributed by atoms with E-state index in [9.17, 15) is 4.79 Å². The number of piperidine rings is 1. The number of nitrogens with one attached hydrogen (secondary N) is 1. The zero-order valence-electron chi connectivity index (χ0n) is 11.4. The lowest BCUT2D eigenvalue weighted by Gasteiger charge is -2.32. The first kappa shape index (κ1) is 14.1. The van der Waals surface area contributed by atoms with E-state index in [1.807, 2.05) is 4.90 Å². The van der Waals surface area contributed by atoms with Crippen molar-refractivity contribution >= 4 is 23.3 Å². The van der Waals surface area contributed by atoms with Gasteiger partial charge in [-0.1, -0.05) is 24.9 Å². The van der Waals surface area contributed by atoms with Crippen molar-refractivity contribution in [3.8, 4) is 0 Å². The lowest BCUT2D eigenvalue weighted by Crippen LogP contribution is -2.40. The molecule has 0 saturated carbocycles. The van der Waals surface area contributed by atoms with Crippen LogP contribution >= 0.6 is 11.6 Å². The molecule has 1 aliphatic rings. The van der Waals surface area contributed by atoms with E-state index in [2.05, 4.69) is 17.2 Å². The average Bonchev–Trinajstić information content (AvgIpc) is 2.47. The van der Waals surface area contributed by atoms with E-state index in [4.69, 9.17) is 11.6 Å². The Kier molecular flexibility index (Phi) is 4.64. The summed E-state index contributed by atoms with van der Waals surface area (Å²) in [6, 6.07) is 3.49. The number of halogens is 1. The summed E-state index contributed by atoms with van der Waals surface area (Å²) >= 11 is 6.10. The van der Waals surface area contributed by atoms with Crippen molar-refractivity contribution < 1.29 is 4.79 Å². The Morgan fingerprint density at radius 1 is 1.58 bits per heavy atom. The predicted molar refractivity (Wildman–Crippen MR) is 77.7 cm³/mol. The number of amides is 1. The highest BCUT2D eigenvalue weighted by Crippen LogP contribution is 2.23. The minimum absolute atomic E-state index is 0.0553. The van der Waals surface area contributed by atoms with Gasteiger partial charge in [0.2, 0.25) is 0 Å². The molecule has 1 aliphatic heterocycles. The molecule has 5 heteroatoms. The number of nitrogens with zero attached hydrogens (tertiary/aromatic N) is 2. The van der Waals surface area contributed by atoms with Crippen molar-refractivity contribution in [2.75, 3.05) is 25.5 Å². The molecule has 1 N–H and O–H groups in total. The smallest absolute Gasteiger partial charge is 0.274 e. The maximum atomic E-state index is 12.5. The maximum absolute atomic E-state index is 12.5. The minimum Gasteiger partial charge on any atom is -0.373 e. The third kappa shape index (κ3) is 3.18. The molecule has 1 aromatic rings. The second-order valence-corrected chi connectivity index (χ2v) is 5.35. The molecular formula is C14H20ClN3O. The van der Waals surface area contributed by atoms with Crippen LogP contribution in [0.5, 0.6) is 0 Å². The van der Waals surface area contributed by atoms with Crippen LogP contribution in [-0.2, 0) is 0 Å². The van der Waals surface area contributed by atoms with Gasteiger partial charge in [0.25, 0.3) is 5.91 Å². The quantitative estimate of drug-likeness (QED) is 0.926.